The Bertz CT molecular complexity index is 995. The Morgan fingerprint density at radius 1 is 1.10 bits per heavy atom. The van der Waals surface area contributed by atoms with Gasteiger partial charge in [-0.2, -0.15) is 0 Å². The Balaban J connectivity index is 0.000000785. The molecule has 0 saturated carbocycles. The van der Waals surface area contributed by atoms with Crippen LogP contribution in [-0.2, 0) is 11.4 Å². The van der Waals surface area contributed by atoms with E-state index in [1.54, 1.807) is 48.9 Å². The van der Waals surface area contributed by atoms with Gasteiger partial charge in [0.25, 0.3) is 0 Å². The maximum absolute atomic E-state index is 14.3. The van der Waals surface area contributed by atoms with Crippen molar-refractivity contribution in [2.75, 3.05) is 19.2 Å². The summed E-state index contributed by atoms with van der Waals surface area (Å²) in [6.45, 7) is 2.36. The SMILES string of the molecule is COc1ccc(-c2cc(OCc3c(C)cccc3N(C)N)ccc2F)cc1.NNC=O. The summed E-state index contributed by atoms with van der Waals surface area (Å²) >= 11 is 0. The van der Waals surface area contributed by atoms with Gasteiger partial charge < -0.3 is 14.5 Å². The van der Waals surface area contributed by atoms with Crippen LogP contribution in [0.5, 0.6) is 11.5 Å². The van der Waals surface area contributed by atoms with E-state index >= 15 is 0 Å². The maximum Gasteiger partial charge on any atom is 0.221 e. The number of halogens is 1. The zero-order valence-electron chi connectivity index (χ0n) is 17.8. The van der Waals surface area contributed by atoms with Crippen LogP contribution in [-0.4, -0.2) is 20.6 Å². The van der Waals surface area contributed by atoms with Gasteiger partial charge in [0.15, 0.2) is 0 Å². The van der Waals surface area contributed by atoms with Gasteiger partial charge in [-0.3, -0.25) is 10.2 Å². The molecular formula is C23H27FN4O3. The summed E-state index contributed by atoms with van der Waals surface area (Å²) in [5, 5.41) is 1.57. The first kappa shape index (κ1) is 23.7. The van der Waals surface area contributed by atoms with Gasteiger partial charge in [-0.15, -0.1) is 0 Å². The lowest BCUT2D eigenvalue weighted by Crippen LogP contribution is -2.26. The summed E-state index contributed by atoms with van der Waals surface area (Å²) in [6, 6.07) is 17.9. The van der Waals surface area contributed by atoms with Crippen molar-refractivity contribution >= 4 is 12.1 Å². The number of carbonyl (C=O) groups is 1. The molecule has 0 spiro atoms. The highest BCUT2D eigenvalue weighted by Crippen LogP contribution is 2.30. The quantitative estimate of drug-likeness (QED) is 0.232. The van der Waals surface area contributed by atoms with Gasteiger partial charge in [0.1, 0.15) is 23.9 Å². The Morgan fingerprint density at radius 3 is 2.32 bits per heavy atom. The summed E-state index contributed by atoms with van der Waals surface area (Å²) in [7, 11) is 3.39. The van der Waals surface area contributed by atoms with Crippen molar-refractivity contribution in [2.24, 2.45) is 11.7 Å². The Kier molecular flexibility index (Phi) is 8.80. The molecule has 0 heterocycles. The summed E-state index contributed by atoms with van der Waals surface area (Å²) in [6.07, 6.45) is 0.403. The Labute approximate surface area is 181 Å². The molecule has 1 amide bonds. The van der Waals surface area contributed by atoms with E-state index in [-0.39, 0.29) is 5.82 Å². The summed E-state index contributed by atoms with van der Waals surface area (Å²) in [4.78, 5) is 8.94. The van der Waals surface area contributed by atoms with E-state index in [1.165, 1.54) is 6.07 Å². The summed E-state index contributed by atoms with van der Waals surface area (Å²) < 4.78 is 25.4. The average Bonchev–Trinajstić information content (AvgIpc) is 2.79. The van der Waals surface area contributed by atoms with Crippen molar-refractivity contribution < 1.29 is 18.7 Å². The number of nitrogens with two attached hydrogens (primary N) is 2. The number of hydrazine groups is 2. The van der Waals surface area contributed by atoms with Crippen molar-refractivity contribution in [2.45, 2.75) is 13.5 Å². The largest absolute Gasteiger partial charge is 0.497 e. The second kappa shape index (κ2) is 11.5. The van der Waals surface area contributed by atoms with E-state index in [1.807, 2.05) is 37.3 Å². The highest BCUT2D eigenvalue weighted by atomic mass is 19.1. The molecule has 3 aromatic rings. The van der Waals surface area contributed by atoms with E-state index < -0.39 is 0 Å². The first-order valence-corrected chi connectivity index (χ1v) is 9.44. The zero-order valence-corrected chi connectivity index (χ0v) is 17.8. The minimum Gasteiger partial charge on any atom is -0.497 e. The number of hydrogen-bond acceptors (Lipinski definition) is 6. The predicted octanol–water partition coefficient (Wildman–Crippen LogP) is 3.30. The smallest absolute Gasteiger partial charge is 0.221 e. The average molecular weight is 426 g/mol. The van der Waals surface area contributed by atoms with E-state index in [0.717, 1.165) is 28.1 Å². The van der Waals surface area contributed by atoms with Crippen molar-refractivity contribution in [1.82, 2.24) is 5.43 Å². The molecule has 0 bridgehead atoms. The summed E-state index contributed by atoms with van der Waals surface area (Å²) in [5.41, 5.74) is 5.97. The third-order valence-corrected chi connectivity index (χ3v) is 4.56. The number of amides is 1. The lowest BCUT2D eigenvalue weighted by atomic mass is 10.0. The van der Waals surface area contributed by atoms with Crippen LogP contribution in [0.3, 0.4) is 0 Å². The van der Waals surface area contributed by atoms with Crippen LogP contribution in [0.1, 0.15) is 11.1 Å². The number of hydrogen-bond donors (Lipinski definition) is 3. The van der Waals surface area contributed by atoms with Gasteiger partial charge in [0, 0.05) is 18.2 Å². The molecule has 8 heteroatoms. The number of nitrogens with zero attached hydrogens (tertiary/aromatic N) is 1. The molecule has 5 N–H and O–H groups in total. The fraction of sp³-hybridized carbons (Fsp3) is 0.174. The molecule has 0 saturated heterocycles. The molecule has 3 rings (SSSR count). The standard InChI is InChI=1S/C22H23FN2O2.CH4N2O/c1-15-5-4-6-22(25(2)24)20(15)14-27-18-11-12-21(23)19(13-18)16-7-9-17(26-3)10-8-16;2-3-1-4/h4-13H,14,24H2,1-3H3;1H,2H2,(H,3,4). The number of ether oxygens (including phenoxy) is 2. The van der Waals surface area contributed by atoms with Crippen LogP contribution < -0.4 is 31.6 Å². The molecule has 0 aliphatic heterocycles. The Hall–Kier alpha value is -3.62. The number of carbonyl (C=O) groups excluding carboxylic acids is 1. The first-order valence-electron chi connectivity index (χ1n) is 9.44. The topological polar surface area (TPSA) is 103 Å². The third kappa shape index (κ3) is 6.43. The first-order chi connectivity index (χ1) is 14.9. The molecular weight excluding hydrogens is 399 g/mol. The number of nitrogens with one attached hydrogen (secondary N) is 1. The van der Waals surface area contributed by atoms with Crippen LogP contribution in [0, 0.1) is 12.7 Å². The molecule has 3 aromatic carbocycles. The zero-order chi connectivity index (χ0) is 22.8. The molecule has 0 atom stereocenters. The molecule has 0 unspecified atom stereocenters. The van der Waals surface area contributed by atoms with Gasteiger partial charge in [-0.1, -0.05) is 24.3 Å². The number of benzene rings is 3. The number of anilines is 1. The van der Waals surface area contributed by atoms with E-state index in [4.69, 9.17) is 20.1 Å². The van der Waals surface area contributed by atoms with E-state index in [2.05, 4.69) is 5.84 Å². The van der Waals surface area contributed by atoms with Crippen LogP contribution in [0.2, 0.25) is 0 Å². The molecule has 0 aliphatic carbocycles. The number of aryl methyl sites for hydroxylation is 1. The molecule has 164 valence electrons. The van der Waals surface area contributed by atoms with Crippen LogP contribution in [0.15, 0.2) is 60.7 Å². The minimum atomic E-state index is -0.300. The lowest BCUT2D eigenvalue weighted by Gasteiger charge is -2.19. The van der Waals surface area contributed by atoms with Gasteiger partial charge in [-0.25, -0.2) is 16.1 Å². The highest BCUT2D eigenvalue weighted by Gasteiger charge is 2.11. The van der Waals surface area contributed by atoms with E-state index in [0.29, 0.717) is 24.3 Å². The van der Waals surface area contributed by atoms with Crippen LogP contribution in [0.4, 0.5) is 10.1 Å². The third-order valence-electron chi connectivity index (χ3n) is 4.56. The van der Waals surface area contributed by atoms with Gasteiger partial charge in [0.2, 0.25) is 6.41 Å². The van der Waals surface area contributed by atoms with Crippen molar-refractivity contribution in [3.8, 4) is 22.6 Å². The van der Waals surface area contributed by atoms with Crippen molar-refractivity contribution in [1.29, 1.82) is 0 Å². The van der Waals surface area contributed by atoms with Crippen LogP contribution in [0.25, 0.3) is 11.1 Å². The molecule has 0 aliphatic rings. The monoisotopic (exact) mass is 426 g/mol. The van der Waals surface area contributed by atoms with Crippen molar-refractivity contribution in [3.05, 3.63) is 77.6 Å². The second-order valence-corrected chi connectivity index (χ2v) is 6.63. The van der Waals surface area contributed by atoms with E-state index in [9.17, 15) is 4.39 Å². The lowest BCUT2D eigenvalue weighted by molar-refractivity contribution is -0.109. The normalized spacial score (nSPS) is 9.87. The molecule has 7 nitrogen and oxygen atoms in total. The van der Waals surface area contributed by atoms with Crippen molar-refractivity contribution in [3.63, 3.8) is 0 Å². The number of methoxy groups -OCH3 is 1. The summed E-state index contributed by atoms with van der Waals surface area (Å²) in [5.74, 6) is 11.3. The van der Waals surface area contributed by atoms with Gasteiger partial charge in [-0.05, 0) is 54.4 Å². The maximum atomic E-state index is 14.3. The molecule has 0 aromatic heterocycles. The fourth-order valence-electron chi connectivity index (χ4n) is 2.95. The second-order valence-electron chi connectivity index (χ2n) is 6.63. The Morgan fingerprint density at radius 2 is 1.74 bits per heavy atom. The van der Waals surface area contributed by atoms with Gasteiger partial charge >= 0.3 is 0 Å². The minimum absolute atomic E-state index is 0.300. The molecule has 0 radical (unpaired) electrons. The predicted molar refractivity (Wildman–Crippen MR) is 120 cm³/mol. The molecule has 0 fully saturated rings. The van der Waals surface area contributed by atoms with Crippen LogP contribution >= 0.6 is 0 Å². The number of rotatable bonds is 7. The fourth-order valence-corrected chi connectivity index (χ4v) is 2.95. The highest BCUT2D eigenvalue weighted by molar-refractivity contribution is 5.66. The van der Waals surface area contributed by atoms with Gasteiger partial charge in [0.05, 0.1) is 12.8 Å². The molecule has 31 heavy (non-hydrogen) atoms.